The number of benzene rings is 2. The number of anilines is 1. The molecule has 0 atom stereocenters. The molecule has 0 saturated heterocycles. The van der Waals surface area contributed by atoms with Gasteiger partial charge in [0.25, 0.3) is 0 Å². The normalized spacial score (nSPS) is 10.9. The maximum absolute atomic E-state index is 14.2. The summed E-state index contributed by atoms with van der Waals surface area (Å²) in [5, 5.41) is 4.30. The van der Waals surface area contributed by atoms with E-state index in [-0.39, 0.29) is 33.9 Å². The average molecular weight is 418 g/mol. The molecule has 0 amide bonds. The number of rotatable bonds is 4. The minimum absolute atomic E-state index is 0.00413. The lowest BCUT2D eigenvalue weighted by Gasteiger charge is -2.09. The fourth-order valence-corrected chi connectivity index (χ4v) is 2.70. The van der Waals surface area contributed by atoms with Crippen LogP contribution < -0.4 is 10.5 Å². The Balaban J connectivity index is 1.84. The van der Waals surface area contributed by atoms with Crippen LogP contribution in [0.4, 0.5) is 18.9 Å². The quantitative estimate of drug-likeness (QED) is 0.484. The van der Waals surface area contributed by atoms with Crippen molar-refractivity contribution in [3.63, 3.8) is 0 Å². The van der Waals surface area contributed by atoms with Crippen molar-refractivity contribution in [1.29, 1.82) is 0 Å². The molecule has 2 heterocycles. The second-order valence-corrected chi connectivity index (χ2v) is 6.22. The zero-order valence-corrected chi connectivity index (χ0v) is 15.2. The van der Waals surface area contributed by atoms with Crippen LogP contribution in [-0.2, 0) is 0 Å². The SMILES string of the molecule is Nc1c(Cl)ncnc1Oc1cc(-c2ccc(F)cc2F)nn1-c1ccc(F)cc1. The van der Waals surface area contributed by atoms with Gasteiger partial charge in [-0.3, -0.25) is 0 Å². The molecule has 146 valence electrons. The first-order valence-electron chi connectivity index (χ1n) is 8.17. The molecule has 0 aliphatic heterocycles. The maximum Gasteiger partial charge on any atom is 0.249 e. The molecule has 4 rings (SSSR count). The molecule has 29 heavy (non-hydrogen) atoms. The molecule has 6 nitrogen and oxygen atoms in total. The van der Waals surface area contributed by atoms with E-state index in [1.807, 2.05) is 0 Å². The van der Waals surface area contributed by atoms with Crippen LogP contribution in [0.25, 0.3) is 16.9 Å². The summed E-state index contributed by atoms with van der Waals surface area (Å²) < 4.78 is 47.8. The van der Waals surface area contributed by atoms with Gasteiger partial charge in [-0.15, -0.1) is 0 Å². The molecule has 0 radical (unpaired) electrons. The van der Waals surface area contributed by atoms with E-state index in [0.29, 0.717) is 5.69 Å². The largest absolute Gasteiger partial charge is 0.418 e. The summed E-state index contributed by atoms with van der Waals surface area (Å²) in [7, 11) is 0. The molecule has 2 aromatic carbocycles. The second-order valence-electron chi connectivity index (χ2n) is 5.87. The number of nitrogens with two attached hydrogens (primary N) is 1. The number of nitrogens with zero attached hydrogens (tertiary/aromatic N) is 4. The highest BCUT2D eigenvalue weighted by Gasteiger charge is 2.18. The van der Waals surface area contributed by atoms with E-state index in [9.17, 15) is 13.2 Å². The molecular formula is C19H11ClF3N5O. The van der Waals surface area contributed by atoms with Gasteiger partial charge in [0.15, 0.2) is 5.15 Å². The van der Waals surface area contributed by atoms with Gasteiger partial charge in [0, 0.05) is 17.7 Å². The number of ether oxygens (including phenoxy) is 1. The van der Waals surface area contributed by atoms with E-state index in [1.165, 1.54) is 41.1 Å². The average Bonchev–Trinajstić information content (AvgIpc) is 3.09. The Morgan fingerprint density at radius 2 is 1.66 bits per heavy atom. The van der Waals surface area contributed by atoms with Crippen molar-refractivity contribution in [3.05, 3.63) is 77.5 Å². The van der Waals surface area contributed by atoms with Gasteiger partial charge in [-0.1, -0.05) is 11.6 Å². The Labute approximate surface area is 167 Å². The highest BCUT2D eigenvalue weighted by molar-refractivity contribution is 6.32. The molecule has 0 aliphatic rings. The number of hydrogen-bond donors (Lipinski definition) is 1. The van der Waals surface area contributed by atoms with Crippen molar-refractivity contribution >= 4 is 17.3 Å². The van der Waals surface area contributed by atoms with Crippen LogP contribution in [0.2, 0.25) is 5.15 Å². The van der Waals surface area contributed by atoms with E-state index in [2.05, 4.69) is 15.1 Å². The summed E-state index contributed by atoms with van der Waals surface area (Å²) in [6.07, 6.45) is 1.16. The summed E-state index contributed by atoms with van der Waals surface area (Å²) in [4.78, 5) is 7.67. The summed E-state index contributed by atoms with van der Waals surface area (Å²) >= 11 is 5.89. The third-order valence-electron chi connectivity index (χ3n) is 3.95. The Morgan fingerprint density at radius 1 is 0.931 bits per heavy atom. The van der Waals surface area contributed by atoms with E-state index >= 15 is 0 Å². The predicted molar refractivity (Wildman–Crippen MR) is 100 cm³/mol. The lowest BCUT2D eigenvalue weighted by molar-refractivity contribution is 0.429. The molecule has 4 aromatic rings. The number of hydrogen-bond acceptors (Lipinski definition) is 5. The van der Waals surface area contributed by atoms with Crippen LogP contribution in [0.5, 0.6) is 11.8 Å². The van der Waals surface area contributed by atoms with Gasteiger partial charge in [0.05, 0.1) is 11.4 Å². The van der Waals surface area contributed by atoms with Crippen molar-refractivity contribution in [2.24, 2.45) is 0 Å². The molecule has 0 aliphatic carbocycles. The van der Waals surface area contributed by atoms with Crippen molar-refractivity contribution in [2.75, 3.05) is 5.73 Å². The standard InChI is InChI=1S/C19H11ClF3N5O/c20-18-17(24)19(26-9-25-18)29-16-8-15(13-6-3-11(22)7-14(13)23)27-28(16)12-4-1-10(21)2-5-12/h1-9H,24H2. The molecule has 10 heteroatoms. The fourth-order valence-electron chi connectivity index (χ4n) is 2.57. The van der Waals surface area contributed by atoms with Gasteiger partial charge in [-0.05, 0) is 36.4 Å². The molecule has 0 bridgehead atoms. The fraction of sp³-hybridized carbons (Fsp3) is 0. The Morgan fingerprint density at radius 3 is 2.38 bits per heavy atom. The first-order chi connectivity index (χ1) is 13.9. The molecule has 0 saturated carbocycles. The lowest BCUT2D eigenvalue weighted by atomic mass is 10.1. The van der Waals surface area contributed by atoms with Crippen LogP contribution in [0, 0.1) is 17.5 Å². The first kappa shape index (κ1) is 18.8. The zero-order valence-electron chi connectivity index (χ0n) is 14.5. The summed E-state index contributed by atoms with van der Waals surface area (Å²) in [5.41, 5.74) is 6.46. The monoisotopic (exact) mass is 417 g/mol. The molecular weight excluding hydrogens is 407 g/mol. The topological polar surface area (TPSA) is 78.8 Å². The van der Waals surface area contributed by atoms with Crippen LogP contribution in [-0.4, -0.2) is 19.7 Å². The number of halogens is 4. The summed E-state index contributed by atoms with van der Waals surface area (Å²) in [6, 6.07) is 9.89. The van der Waals surface area contributed by atoms with Crippen LogP contribution in [0.1, 0.15) is 0 Å². The molecule has 0 spiro atoms. The van der Waals surface area contributed by atoms with Gasteiger partial charge in [-0.25, -0.2) is 22.8 Å². The van der Waals surface area contributed by atoms with Crippen LogP contribution >= 0.6 is 11.6 Å². The smallest absolute Gasteiger partial charge is 0.249 e. The third kappa shape index (κ3) is 3.72. The van der Waals surface area contributed by atoms with Crippen molar-refractivity contribution in [1.82, 2.24) is 19.7 Å². The van der Waals surface area contributed by atoms with Crippen LogP contribution in [0.15, 0.2) is 54.9 Å². The van der Waals surface area contributed by atoms with E-state index in [1.54, 1.807) is 0 Å². The minimum atomic E-state index is -0.801. The second kappa shape index (κ2) is 7.44. The molecule has 0 unspecified atom stereocenters. The van der Waals surface area contributed by atoms with Gasteiger partial charge in [0.2, 0.25) is 11.8 Å². The third-order valence-corrected chi connectivity index (χ3v) is 4.26. The zero-order chi connectivity index (χ0) is 20.5. The Kier molecular flexibility index (Phi) is 4.81. The number of aromatic nitrogens is 4. The van der Waals surface area contributed by atoms with Crippen molar-refractivity contribution in [2.45, 2.75) is 0 Å². The molecule has 2 aromatic heterocycles. The number of nitrogen functional groups attached to an aromatic ring is 1. The van der Waals surface area contributed by atoms with Gasteiger partial charge < -0.3 is 10.5 Å². The van der Waals surface area contributed by atoms with E-state index in [0.717, 1.165) is 18.5 Å². The Hall–Kier alpha value is -3.59. The van der Waals surface area contributed by atoms with Crippen molar-refractivity contribution < 1.29 is 17.9 Å². The van der Waals surface area contributed by atoms with E-state index < -0.39 is 17.5 Å². The van der Waals surface area contributed by atoms with E-state index in [4.69, 9.17) is 22.1 Å². The predicted octanol–water partition coefficient (Wildman–Crippen LogP) is 4.77. The van der Waals surface area contributed by atoms with Gasteiger partial charge in [0.1, 0.15) is 29.5 Å². The lowest BCUT2D eigenvalue weighted by Crippen LogP contribution is -2.03. The van der Waals surface area contributed by atoms with Gasteiger partial charge >= 0.3 is 0 Å². The minimum Gasteiger partial charge on any atom is -0.418 e. The summed E-state index contributed by atoms with van der Waals surface area (Å²) in [6.45, 7) is 0. The molecule has 0 fully saturated rings. The van der Waals surface area contributed by atoms with Crippen LogP contribution in [0.3, 0.4) is 0 Å². The Bertz CT molecular complexity index is 1200. The first-order valence-corrected chi connectivity index (χ1v) is 8.55. The highest BCUT2D eigenvalue weighted by Crippen LogP contribution is 2.33. The molecule has 2 N–H and O–H groups in total. The maximum atomic E-state index is 14.2. The van der Waals surface area contributed by atoms with Gasteiger partial charge in [-0.2, -0.15) is 10.1 Å². The summed E-state index contributed by atoms with van der Waals surface area (Å²) in [5.74, 6) is -1.91. The van der Waals surface area contributed by atoms with Crippen molar-refractivity contribution in [3.8, 4) is 28.7 Å². The highest BCUT2D eigenvalue weighted by atomic mass is 35.5.